The molecule has 0 spiro atoms. The number of Topliss-reactive ketones (excluding diaryl/α,β-unsaturated/α-hetero) is 1. The number of fused-ring (bicyclic) bond motifs is 1. The molecule has 1 fully saturated rings. The van der Waals surface area contributed by atoms with E-state index >= 15 is 0 Å². The molecule has 0 unspecified atom stereocenters. The molecule has 0 aliphatic carbocycles. The topological polar surface area (TPSA) is 99.2 Å². The summed E-state index contributed by atoms with van der Waals surface area (Å²) in [5.74, 6) is -1.37. The van der Waals surface area contributed by atoms with Gasteiger partial charge in [-0.05, 0) is 62.2 Å². The van der Waals surface area contributed by atoms with Crippen LogP contribution in [0.25, 0.3) is 0 Å². The lowest BCUT2D eigenvalue weighted by Crippen LogP contribution is -2.36. The summed E-state index contributed by atoms with van der Waals surface area (Å²) in [7, 11) is 1.53. The Labute approximate surface area is 185 Å². The van der Waals surface area contributed by atoms with Gasteiger partial charge >= 0.3 is 5.97 Å². The smallest absolute Gasteiger partial charge is 0.338 e. The number of benzene rings is 2. The van der Waals surface area contributed by atoms with Crippen molar-refractivity contribution < 1.29 is 33.4 Å². The lowest BCUT2D eigenvalue weighted by Gasteiger charge is -2.17. The van der Waals surface area contributed by atoms with Crippen LogP contribution in [0.5, 0.6) is 5.75 Å². The van der Waals surface area contributed by atoms with Crippen LogP contribution in [-0.4, -0.2) is 60.9 Å². The Balaban J connectivity index is 1.45. The minimum atomic E-state index is -1.03. The molecule has 0 N–H and O–H groups in total. The summed E-state index contributed by atoms with van der Waals surface area (Å²) in [6.45, 7) is 2.30. The van der Waals surface area contributed by atoms with E-state index in [1.54, 1.807) is 24.3 Å². The highest BCUT2D eigenvalue weighted by Crippen LogP contribution is 2.26. The minimum absolute atomic E-state index is 0.0956. The number of nitrogens with zero attached hydrogens (tertiary/aromatic N) is 1. The number of imide groups is 1. The van der Waals surface area contributed by atoms with Gasteiger partial charge in [0.15, 0.2) is 6.10 Å². The van der Waals surface area contributed by atoms with E-state index in [2.05, 4.69) is 0 Å². The number of carbonyl (C=O) groups excluding carboxylic acids is 4. The van der Waals surface area contributed by atoms with Crippen LogP contribution >= 0.6 is 0 Å². The van der Waals surface area contributed by atoms with Crippen molar-refractivity contribution in [3.8, 4) is 5.75 Å². The van der Waals surface area contributed by atoms with E-state index in [0.717, 1.165) is 17.7 Å². The Morgan fingerprint density at radius 2 is 1.75 bits per heavy atom. The number of methoxy groups -OCH3 is 1. The summed E-state index contributed by atoms with van der Waals surface area (Å²) >= 11 is 0. The van der Waals surface area contributed by atoms with Crippen molar-refractivity contribution in [2.24, 2.45) is 0 Å². The second-order valence-electron chi connectivity index (χ2n) is 7.76. The minimum Gasteiger partial charge on any atom is -0.497 e. The average molecular weight is 437 g/mol. The number of rotatable bonds is 7. The second kappa shape index (κ2) is 8.92. The summed E-state index contributed by atoms with van der Waals surface area (Å²) in [4.78, 5) is 51.7. The zero-order valence-electron chi connectivity index (χ0n) is 17.8. The first-order valence-corrected chi connectivity index (χ1v) is 10.4. The number of hydrogen-bond acceptors (Lipinski definition) is 7. The Hall–Kier alpha value is -3.52. The number of ketones is 1. The lowest BCUT2D eigenvalue weighted by atomic mass is 10.1. The molecule has 2 aliphatic heterocycles. The van der Waals surface area contributed by atoms with Gasteiger partial charge in [-0.15, -0.1) is 0 Å². The van der Waals surface area contributed by atoms with Crippen LogP contribution in [0.3, 0.4) is 0 Å². The molecule has 2 amide bonds. The summed E-state index contributed by atoms with van der Waals surface area (Å²) in [5, 5.41) is 0. The molecular formula is C24H23NO7. The number of ether oxygens (including phenoxy) is 3. The molecule has 32 heavy (non-hydrogen) atoms. The third-order valence-corrected chi connectivity index (χ3v) is 5.64. The zero-order valence-corrected chi connectivity index (χ0v) is 17.8. The second-order valence-corrected chi connectivity index (χ2v) is 7.76. The van der Waals surface area contributed by atoms with Crippen molar-refractivity contribution >= 4 is 23.6 Å². The quantitative estimate of drug-likeness (QED) is 0.373. The fourth-order valence-electron chi connectivity index (χ4n) is 3.85. The Morgan fingerprint density at radius 3 is 2.41 bits per heavy atom. The monoisotopic (exact) mass is 437 g/mol. The Kier molecular flexibility index (Phi) is 6.05. The van der Waals surface area contributed by atoms with E-state index in [1.807, 2.05) is 0 Å². The first-order chi connectivity index (χ1) is 15.4. The molecule has 0 radical (unpaired) electrons. The lowest BCUT2D eigenvalue weighted by molar-refractivity contribution is 0.0318. The van der Waals surface area contributed by atoms with E-state index in [1.165, 1.54) is 32.2 Å². The third-order valence-electron chi connectivity index (χ3n) is 5.64. The van der Waals surface area contributed by atoms with Crippen LogP contribution in [0.1, 0.15) is 61.2 Å². The molecule has 2 atom stereocenters. The largest absolute Gasteiger partial charge is 0.497 e. The summed E-state index contributed by atoms with van der Waals surface area (Å²) in [6.07, 6.45) is 0.506. The molecule has 2 heterocycles. The average Bonchev–Trinajstić information content (AvgIpc) is 3.41. The predicted molar refractivity (Wildman–Crippen MR) is 113 cm³/mol. The van der Waals surface area contributed by atoms with Crippen molar-refractivity contribution in [3.05, 3.63) is 64.7 Å². The molecule has 8 heteroatoms. The van der Waals surface area contributed by atoms with Crippen LogP contribution in [-0.2, 0) is 9.47 Å². The molecule has 8 nitrogen and oxygen atoms in total. The maximum absolute atomic E-state index is 12.8. The van der Waals surface area contributed by atoms with Crippen molar-refractivity contribution in [3.63, 3.8) is 0 Å². The fourth-order valence-corrected chi connectivity index (χ4v) is 3.85. The molecule has 0 bridgehead atoms. The number of hydrogen-bond donors (Lipinski definition) is 0. The molecule has 166 valence electrons. The highest BCUT2D eigenvalue weighted by molar-refractivity contribution is 6.22. The molecule has 4 rings (SSSR count). The van der Waals surface area contributed by atoms with Crippen molar-refractivity contribution in [2.45, 2.75) is 32.0 Å². The van der Waals surface area contributed by atoms with E-state index in [-0.39, 0.29) is 35.1 Å². The van der Waals surface area contributed by atoms with Gasteiger partial charge < -0.3 is 14.2 Å². The van der Waals surface area contributed by atoms with Gasteiger partial charge in [-0.1, -0.05) is 0 Å². The highest BCUT2D eigenvalue weighted by atomic mass is 16.5. The van der Waals surface area contributed by atoms with Gasteiger partial charge in [0.2, 0.25) is 5.78 Å². The molecule has 2 aliphatic rings. The van der Waals surface area contributed by atoms with Crippen LogP contribution in [0.4, 0.5) is 0 Å². The predicted octanol–water partition coefficient (Wildman–Crippen LogP) is 2.90. The van der Waals surface area contributed by atoms with Gasteiger partial charge in [-0.3, -0.25) is 19.3 Å². The number of esters is 1. The van der Waals surface area contributed by atoms with Crippen LogP contribution in [0, 0.1) is 0 Å². The van der Waals surface area contributed by atoms with Crippen molar-refractivity contribution in [1.29, 1.82) is 0 Å². The number of carbonyl (C=O) groups is 4. The van der Waals surface area contributed by atoms with Crippen molar-refractivity contribution in [2.75, 3.05) is 20.3 Å². The van der Waals surface area contributed by atoms with E-state index in [0.29, 0.717) is 17.9 Å². The molecule has 0 aromatic heterocycles. The van der Waals surface area contributed by atoms with E-state index in [9.17, 15) is 19.2 Å². The normalized spacial score (nSPS) is 18.4. The van der Waals surface area contributed by atoms with Crippen molar-refractivity contribution in [1.82, 2.24) is 4.90 Å². The highest BCUT2D eigenvalue weighted by Gasteiger charge is 2.38. The van der Waals surface area contributed by atoms with Gasteiger partial charge in [0.25, 0.3) is 11.8 Å². The van der Waals surface area contributed by atoms with Gasteiger partial charge in [-0.2, -0.15) is 0 Å². The van der Waals surface area contributed by atoms with E-state index in [4.69, 9.17) is 14.2 Å². The molecular weight excluding hydrogens is 414 g/mol. The van der Waals surface area contributed by atoms with Gasteiger partial charge in [0, 0.05) is 12.2 Å². The van der Waals surface area contributed by atoms with E-state index < -0.39 is 23.9 Å². The molecule has 2 aromatic rings. The third kappa shape index (κ3) is 4.13. The molecule has 0 saturated carbocycles. The van der Waals surface area contributed by atoms with Gasteiger partial charge in [-0.25, -0.2) is 4.79 Å². The Morgan fingerprint density at radius 1 is 1.06 bits per heavy atom. The first kappa shape index (κ1) is 21.7. The van der Waals surface area contributed by atoms with Gasteiger partial charge in [0.1, 0.15) is 5.75 Å². The summed E-state index contributed by atoms with van der Waals surface area (Å²) in [6, 6.07) is 10.7. The number of amides is 2. The zero-order chi connectivity index (χ0) is 22.8. The van der Waals surface area contributed by atoms with Gasteiger partial charge in [0.05, 0.1) is 36.4 Å². The standard InChI is InChI=1S/C24H23NO7/c1-14(21(26)15-5-8-17(30-2)9-6-15)32-24(29)16-7-10-19-20(12-16)23(28)25(22(19)27)13-18-4-3-11-31-18/h5-10,12,14,18H,3-4,11,13H2,1-2H3/t14-,18-/m0/s1. The van der Waals surface area contributed by atoms with Crippen LogP contribution < -0.4 is 4.74 Å². The maximum Gasteiger partial charge on any atom is 0.338 e. The summed E-state index contributed by atoms with van der Waals surface area (Å²) < 4.78 is 15.9. The first-order valence-electron chi connectivity index (χ1n) is 10.4. The van der Waals surface area contributed by atoms with Crippen LogP contribution in [0.15, 0.2) is 42.5 Å². The SMILES string of the molecule is COc1ccc(C(=O)[C@H](C)OC(=O)c2ccc3c(c2)C(=O)N(C[C@@H]2CCCO2)C3=O)cc1. The molecule has 1 saturated heterocycles. The molecule has 2 aromatic carbocycles. The maximum atomic E-state index is 12.8. The fraction of sp³-hybridized carbons (Fsp3) is 0.333. The van der Waals surface area contributed by atoms with Crippen LogP contribution in [0.2, 0.25) is 0 Å². The Bertz CT molecular complexity index is 1070. The summed E-state index contributed by atoms with van der Waals surface area (Å²) in [5.41, 5.74) is 0.868.